The maximum Gasteiger partial charge on any atom is 0.257 e. The van der Waals surface area contributed by atoms with Crippen molar-refractivity contribution in [3.05, 3.63) is 36.2 Å². The first-order valence-electron chi connectivity index (χ1n) is 6.14. The molecule has 0 radical (unpaired) electrons. The molecule has 1 aromatic carbocycles. The average Bonchev–Trinajstić information content (AvgIpc) is 2.90. The number of likely N-dealkylation sites (N-methyl/N-ethyl adjacent to an activating group) is 1. The molecule has 0 saturated carbocycles. The third-order valence-electron chi connectivity index (χ3n) is 3.27. The second-order valence-corrected chi connectivity index (χ2v) is 4.52. The van der Waals surface area contributed by atoms with Crippen molar-refractivity contribution in [3.8, 4) is 11.5 Å². The van der Waals surface area contributed by atoms with E-state index in [0.29, 0.717) is 5.89 Å². The summed E-state index contributed by atoms with van der Waals surface area (Å²) in [5.74, 6) is 1.34. The number of benzene rings is 1. The van der Waals surface area contributed by atoms with E-state index >= 15 is 0 Å². The number of hydrogen-bond acceptors (Lipinski definition) is 5. The second-order valence-electron chi connectivity index (χ2n) is 4.52. The zero-order chi connectivity index (χ0) is 12.4. The molecule has 0 bridgehead atoms. The molecule has 1 fully saturated rings. The number of nitrogens with zero attached hydrogens (tertiary/aromatic N) is 3. The van der Waals surface area contributed by atoms with Gasteiger partial charge in [0.2, 0.25) is 0 Å². The van der Waals surface area contributed by atoms with E-state index < -0.39 is 0 Å². The Kier molecular flexibility index (Phi) is 3.08. The van der Waals surface area contributed by atoms with E-state index in [0.717, 1.165) is 31.0 Å². The molecule has 1 atom stereocenters. The fourth-order valence-electron chi connectivity index (χ4n) is 2.16. The molecule has 1 aliphatic rings. The van der Waals surface area contributed by atoms with Crippen LogP contribution in [0, 0.1) is 0 Å². The first-order valence-corrected chi connectivity index (χ1v) is 6.14. The molecule has 1 saturated heterocycles. The van der Waals surface area contributed by atoms with Gasteiger partial charge in [0.1, 0.15) is 0 Å². The van der Waals surface area contributed by atoms with Crippen molar-refractivity contribution >= 4 is 0 Å². The highest BCUT2D eigenvalue weighted by Crippen LogP contribution is 2.22. The normalized spacial score (nSPS) is 21.1. The lowest BCUT2D eigenvalue weighted by atomic mass is 10.2. The number of hydrogen-bond donors (Lipinski definition) is 1. The molecular weight excluding hydrogens is 228 g/mol. The lowest BCUT2D eigenvalue weighted by molar-refractivity contribution is 0.190. The summed E-state index contributed by atoms with van der Waals surface area (Å²) in [6.45, 7) is 2.88. The van der Waals surface area contributed by atoms with Crippen LogP contribution in [0.25, 0.3) is 11.5 Å². The van der Waals surface area contributed by atoms with Crippen LogP contribution in [-0.4, -0.2) is 41.7 Å². The Morgan fingerprint density at radius 1 is 1.33 bits per heavy atom. The van der Waals surface area contributed by atoms with Gasteiger partial charge in [-0.05, 0) is 19.2 Å². The van der Waals surface area contributed by atoms with Gasteiger partial charge in [-0.2, -0.15) is 4.98 Å². The first-order chi connectivity index (χ1) is 8.84. The summed E-state index contributed by atoms with van der Waals surface area (Å²) in [7, 11) is 2.09. The second kappa shape index (κ2) is 4.88. The predicted octanol–water partition coefficient (Wildman–Crippen LogP) is 1.31. The topological polar surface area (TPSA) is 54.2 Å². The predicted molar refractivity (Wildman–Crippen MR) is 68.0 cm³/mol. The number of rotatable bonds is 2. The summed E-state index contributed by atoms with van der Waals surface area (Å²) in [5.41, 5.74) is 0.961. The fraction of sp³-hybridized carbons (Fsp3) is 0.385. The smallest absolute Gasteiger partial charge is 0.257 e. The number of nitrogens with one attached hydrogen (secondary N) is 1. The molecule has 1 N–H and O–H groups in total. The van der Waals surface area contributed by atoms with Crippen LogP contribution >= 0.6 is 0 Å². The van der Waals surface area contributed by atoms with Crippen LogP contribution in [0.3, 0.4) is 0 Å². The van der Waals surface area contributed by atoms with Gasteiger partial charge in [-0.15, -0.1) is 0 Å². The molecule has 5 nitrogen and oxygen atoms in total. The molecule has 0 aliphatic carbocycles. The summed E-state index contributed by atoms with van der Waals surface area (Å²) >= 11 is 0. The monoisotopic (exact) mass is 244 g/mol. The maximum atomic E-state index is 5.34. The fourth-order valence-corrected chi connectivity index (χ4v) is 2.16. The molecule has 0 amide bonds. The van der Waals surface area contributed by atoms with Crippen molar-refractivity contribution in [2.24, 2.45) is 0 Å². The van der Waals surface area contributed by atoms with Crippen molar-refractivity contribution in [2.45, 2.75) is 6.04 Å². The van der Waals surface area contributed by atoms with Crippen LogP contribution in [0.4, 0.5) is 0 Å². The number of piperazine rings is 1. The minimum absolute atomic E-state index is 0.194. The Balaban J connectivity index is 1.85. The van der Waals surface area contributed by atoms with E-state index in [1.165, 1.54) is 0 Å². The Morgan fingerprint density at radius 2 is 2.17 bits per heavy atom. The van der Waals surface area contributed by atoms with Gasteiger partial charge in [-0.3, -0.25) is 4.90 Å². The lowest BCUT2D eigenvalue weighted by Gasteiger charge is -2.30. The Bertz CT molecular complexity index is 511. The third-order valence-corrected chi connectivity index (χ3v) is 3.27. The molecule has 5 heteroatoms. The van der Waals surface area contributed by atoms with E-state index in [1.54, 1.807) is 0 Å². The molecule has 94 valence electrons. The summed E-state index contributed by atoms with van der Waals surface area (Å²) in [6, 6.07) is 10.0. The van der Waals surface area contributed by atoms with Crippen molar-refractivity contribution in [3.63, 3.8) is 0 Å². The molecule has 2 heterocycles. The minimum Gasteiger partial charge on any atom is -0.334 e. The minimum atomic E-state index is 0.194. The number of aromatic nitrogens is 2. The zero-order valence-electron chi connectivity index (χ0n) is 10.3. The lowest BCUT2D eigenvalue weighted by Crippen LogP contribution is -2.44. The molecule has 2 aromatic rings. The molecular formula is C13H16N4O. The molecule has 0 spiro atoms. The van der Waals surface area contributed by atoms with Crippen LogP contribution in [0.5, 0.6) is 0 Å². The summed E-state index contributed by atoms with van der Waals surface area (Å²) in [6.07, 6.45) is 0. The van der Waals surface area contributed by atoms with Gasteiger partial charge in [0.05, 0.1) is 6.04 Å². The van der Waals surface area contributed by atoms with E-state index in [2.05, 4.69) is 27.4 Å². The van der Waals surface area contributed by atoms with Gasteiger partial charge in [0, 0.05) is 25.2 Å². The van der Waals surface area contributed by atoms with Crippen LogP contribution < -0.4 is 5.32 Å². The van der Waals surface area contributed by atoms with Crippen molar-refractivity contribution in [1.29, 1.82) is 0 Å². The van der Waals surface area contributed by atoms with Gasteiger partial charge >= 0.3 is 0 Å². The first kappa shape index (κ1) is 11.4. The highest BCUT2D eigenvalue weighted by Gasteiger charge is 2.25. The van der Waals surface area contributed by atoms with Crippen molar-refractivity contribution < 1.29 is 4.52 Å². The maximum absolute atomic E-state index is 5.34. The van der Waals surface area contributed by atoms with Crippen LogP contribution in [0.2, 0.25) is 0 Å². The van der Waals surface area contributed by atoms with Gasteiger partial charge in [0.25, 0.3) is 5.89 Å². The van der Waals surface area contributed by atoms with E-state index in [9.17, 15) is 0 Å². The zero-order valence-corrected chi connectivity index (χ0v) is 10.3. The summed E-state index contributed by atoms with van der Waals surface area (Å²) in [4.78, 5) is 6.74. The van der Waals surface area contributed by atoms with E-state index in [-0.39, 0.29) is 6.04 Å². The van der Waals surface area contributed by atoms with Crippen molar-refractivity contribution in [1.82, 2.24) is 20.4 Å². The van der Waals surface area contributed by atoms with Crippen LogP contribution in [0.1, 0.15) is 11.9 Å². The van der Waals surface area contributed by atoms with Crippen molar-refractivity contribution in [2.75, 3.05) is 26.7 Å². The SMILES string of the molecule is CN1CCNCC1c1noc(-c2ccccc2)n1. The molecule has 1 unspecified atom stereocenters. The van der Waals surface area contributed by atoms with E-state index in [1.807, 2.05) is 30.3 Å². The molecule has 18 heavy (non-hydrogen) atoms. The highest BCUT2D eigenvalue weighted by atomic mass is 16.5. The van der Waals surface area contributed by atoms with E-state index in [4.69, 9.17) is 4.52 Å². The van der Waals surface area contributed by atoms with Crippen LogP contribution in [0.15, 0.2) is 34.9 Å². The summed E-state index contributed by atoms with van der Waals surface area (Å²) in [5, 5.41) is 7.45. The van der Waals surface area contributed by atoms with Crippen LogP contribution in [-0.2, 0) is 0 Å². The third kappa shape index (κ3) is 2.14. The molecule has 1 aromatic heterocycles. The average molecular weight is 244 g/mol. The molecule has 3 rings (SSSR count). The largest absolute Gasteiger partial charge is 0.334 e. The van der Waals surface area contributed by atoms with Gasteiger partial charge in [-0.1, -0.05) is 23.4 Å². The van der Waals surface area contributed by atoms with Gasteiger partial charge in [0.15, 0.2) is 5.82 Å². The Hall–Kier alpha value is -1.72. The Morgan fingerprint density at radius 3 is 2.94 bits per heavy atom. The Labute approximate surface area is 106 Å². The molecule has 1 aliphatic heterocycles. The standard InChI is InChI=1S/C13H16N4O/c1-17-8-7-14-9-11(17)12-15-13(18-16-12)10-5-3-2-4-6-10/h2-6,11,14H,7-9H2,1H3. The van der Waals surface area contributed by atoms with Gasteiger partial charge in [-0.25, -0.2) is 0 Å². The quantitative estimate of drug-likeness (QED) is 0.863. The highest BCUT2D eigenvalue weighted by molar-refractivity contribution is 5.52. The van der Waals surface area contributed by atoms with Gasteiger partial charge < -0.3 is 9.84 Å². The summed E-state index contributed by atoms with van der Waals surface area (Å²) < 4.78 is 5.34.